The minimum atomic E-state index is 0. The van der Waals surface area contributed by atoms with Crippen molar-refractivity contribution in [3.05, 3.63) is 12.2 Å². The molecular weight excluding hydrogens is 348 g/mol. The molecule has 0 bridgehead atoms. The van der Waals surface area contributed by atoms with E-state index >= 15 is 0 Å². The molecule has 0 amide bonds. The average Bonchev–Trinajstić information content (AvgIpc) is 2.64. The van der Waals surface area contributed by atoms with E-state index in [1.54, 1.807) is 0 Å². The number of rotatable bonds is 1. The molecule has 0 saturated heterocycles. The van der Waals surface area contributed by atoms with Crippen molar-refractivity contribution < 1.29 is 0 Å². The van der Waals surface area contributed by atoms with Gasteiger partial charge in [0.1, 0.15) is 0 Å². The van der Waals surface area contributed by atoms with Crippen LogP contribution in [0, 0.1) is 0 Å². The fourth-order valence-electron chi connectivity index (χ4n) is 3.79. The molecule has 0 aromatic rings. The van der Waals surface area contributed by atoms with E-state index in [4.69, 9.17) is 0 Å². The third-order valence-corrected chi connectivity index (χ3v) is 5.14. The predicted molar refractivity (Wildman–Crippen MR) is 108 cm³/mol. The van der Waals surface area contributed by atoms with E-state index < -0.39 is 0 Å². The highest BCUT2D eigenvalue weighted by Crippen LogP contribution is 2.20. The first kappa shape index (κ1) is 20.9. The van der Waals surface area contributed by atoms with E-state index in [-0.39, 0.29) is 17.0 Å². The first-order valence-corrected chi connectivity index (χ1v) is 9.84. The van der Waals surface area contributed by atoms with Crippen LogP contribution in [0.2, 0.25) is 0 Å². The van der Waals surface area contributed by atoms with E-state index in [2.05, 4.69) is 28.3 Å². The summed E-state index contributed by atoms with van der Waals surface area (Å²) in [6.45, 7) is 3.62. The van der Waals surface area contributed by atoms with Gasteiger partial charge in [0.2, 0.25) is 0 Å². The Morgan fingerprint density at radius 3 is 2.30 bits per heavy atom. The average molecular weight is 385 g/mol. The maximum Gasteiger partial charge on any atom is 0.0397 e. The summed E-state index contributed by atoms with van der Waals surface area (Å²) in [6.07, 6.45) is 24.5. The molecule has 2 nitrogen and oxygen atoms in total. The van der Waals surface area contributed by atoms with Crippen LogP contribution in [0.5, 0.6) is 0 Å². The topological polar surface area (TPSA) is 15.6 Å². The molecule has 0 fully saturated rings. The molecule has 1 atom stereocenters. The van der Waals surface area contributed by atoms with Crippen LogP contribution in [0.4, 0.5) is 0 Å². The zero-order chi connectivity index (χ0) is 15.3. The molecule has 0 spiro atoms. The van der Waals surface area contributed by atoms with Crippen molar-refractivity contribution in [3.63, 3.8) is 0 Å². The van der Waals surface area contributed by atoms with Gasteiger partial charge in [0.25, 0.3) is 0 Å². The van der Waals surface area contributed by atoms with E-state index in [0.717, 1.165) is 12.6 Å². The van der Waals surface area contributed by atoms with Crippen LogP contribution in [0.15, 0.2) is 17.1 Å². The smallest absolute Gasteiger partial charge is 0.0397 e. The molecular formula is C20H37BrN2. The molecule has 0 saturated carbocycles. The Labute approximate surface area is 154 Å². The number of halogens is 1. The van der Waals surface area contributed by atoms with Crippen molar-refractivity contribution in [1.29, 1.82) is 0 Å². The maximum atomic E-state index is 4.57. The minimum Gasteiger partial charge on any atom is -0.300 e. The van der Waals surface area contributed by atoms with Gasteiger partial charge in [-0.05, 0) is 77.0 Å². The Morgan fingerprint density at radius 1 is 0.696 bits per heavy atom. The first-order chi connectivity index (χ1) is 11.0. The third-order valence-electron chi connectivity index (χ3n) is 5.14. The highest BCUT2D eigenvalue weighted by molar-refractivity contribution is 8.93. The number of hydrogen-bond donors (Lipinski definition) is 0. The number of hydrogen-bond acceptors (Lipinski definition) is 2. The molecule has 1 heterocycles. The normalized spacial score (nSPS) is 26.5. The highest BCUT2D eigenvalue weighted by atomic mass is 79.9. The second kappa shape index (κ2) is 14.2. The molecule has 23 heavy (non-hydrogen) atoms. The molecule has 0 aromatic carbocycles. The SMILES string of the molecule is Br.C1=CCCCC(N2CCCCCC=NCCC2)CCCCC1. The first-order valence-electron chi connectivity index (χ1n) is 9.84. The summed E-state index contributed by atoms with van der Waals surface area (Å²) in [5.41, 5.74) is 0. The molecule has 134 valence electrons. The van der Waals surface area contributed by atoms with Crippen molar-refractivity contribution in [1.82, 2.24) is 4.90 Å². The van der Waals surface area contributed by atoms with E-state index in [1.165, 1.54) is 96.6 Å². The van der Waals surface area contributed by atoms with E-state index in [1.807, 2.05) is 0 Å². The largest absolute Gasteiger partial charge is 0.300 e. The van der Waals surface area contributed by atoms with Crippen molar-refractivity contribution in [3.8, 4) is 0 Å². The van der Waals surface area contributed by atoms with Gasteiger partial charge in [-0.2, -0.15) is 0 Å². The lowest BCUT2D eigenvalue weighted by molar-refractivity contribution is 0.167. The molecule has 0 radical (unpaired) electrons. The Hall–Kier alpha value is -0.150. The zero-order valence-electron chi connectivity index (χ0n) is 14.9. The Kier molecular flexibility index (Phi) is 12.9. The van der Waals surface area contributed by atoms with E-state index in [0.29, 0.717) is 0 Å². The second-order valence-corrected chi connectivity index (χ2v) is 7.02. The molecule has 0 N–H and O–H groups in total. The van der Waals surface area contributed by atoms with Crippen LogP contribution in [0.3, 0.4) is 0 Å². The number of nitrogens with zero attached hydrogens (tertiary/aromatic N) is 2. The summed E-state index contributed by atoms with van der Waals surface area (Å²) in [5, 5.41) is 0. The summed E-state index contributed by atoms with van der Waals surface area (Å²) in [7, 11) is 0. The van der Waals surface area contributed by atoms with Crippen LogP contribution >= 0.6 is 17.0 Å². The lowest BCUT2D eigenvalue weighted by atomic mass is 10.00. The van der Waals surface area contributed by atoms with E-state index in [9.17, 15) is 0 Å². The lowest BCUT2D eigenvalue weighted by Crippen LogP contribution is -2.37. The van der Waals surface area contributed by atoms with Gasteiger partial charge in [-0.1, -0.05) is 31.4 Å². The Morgan fingerprint density at radius 2 is 1.39 bits per heavy atom. The van der Waals surface area contributed by atoms with Crippen LogP contribution in [0.25, 0.3) is 0 Å². The van der Waals surface area contributed by atoms with Crippen molar-refractivity contribution in [2.24, 2.45) is 4.99 Å². The molecule has 1 aliphatic heterocycles. The molecule has 2 rings (SSSR count). The van der Waals surface area contributed by atoms with Crippen molar-refractivity contribution in [2.45, 2.75) is 89.5 Å². The van der Waals surface area contributed by atoms with Crippen molar-refractivity contribution in [2.75, 3.05) is 19.6 Å². The molecule has 2 aliphatic rings. The minimum absolute atomic E-state index is 0. The summed E-state index contributed by atoms with van der Waals surface area (Å²) >= 11 is 0. The van der Waals surface area contributed by atoms with Gasteiger partial charge in [-0.25, -0.2) is 0 Å². The quantitative estimate of drug-likeness (QED) is 0.509. The van der Waals surface area contributed by atoms with Gasteiger partial charge in [-0.3, -0.25) is 4.99 Å². The molecule has 1 aliphatic carbocycles. The monoisotopic (exact) mass is 384 g/mol. The second-order valence-electron chi connectivity index (χ2n) is 7.02. The molecule has 3 heteroatoms. The van der Waals surface area contributed by atoms with Gasteiger partial charge in [0.05, 0.1) is 0 Å². The summed E-state index contributed by atoms with van der Waals surface area (Å²) in [4.78, 5) is 7.39. The maximum absolute atomic E-state index is 4.57. The summed E-state index contributed by atoms with van der Waals surface area (Å²) < 4.78 is 0. The Bertz CT molecular complexity index is 296. The molecule has 1 unspecified atom stereocenters. The van der Waals surface area contributed by atoms with Crippen LogP contribution in [-0.4, -0.2) is 36.8 Å². The van der Waals surface area contributed by atoms with Crippen LogP contribution < -0.4 is 0 Å². The van der Waals surface area contributed by atoms with Gasteiger partial charge in [0.15, 0.2) is 0 Å². The highest BCUT2D eigenvalue weighted by Gasteiger charge is 2.17. The predicted octanol–water partition coefficient (Wildman–Crippen LogP) is 5.96. The summed E-state index contributed by atoms with van der Waals surface area (Å²) in [5.74, 6) is 0. The standard InChI is InChI=1S/C20H36N2.BrH/c1-2-4-6-10-15-20(14-9-5-3-1)22-18-12-8-7-11-16-21-17-13-19-22;/h1,3,16,20H,2,4-15,17-19H2;1H. The number of allylic oxidation sites excluding steroid dienone is 2. The number of aliphatic imine (C=N–C) groups is 1. The van der Waals surface area contributed by atoms with Gasteiger partial charge >= 0.3 is 0 Å². The zero-order valence-corrected chi connectivity index (χ0v) is 16.6. The van der Waals surface area contributed by atoms with Crippen LogP contribution in [-0.2, 0) is 0 Å². The van der Waals surface area contributed by atoms with Gasteiger partial charge in [-0.15, -0.1) is 17.0 Å². The third kappa shape index (κ3) is 9.66. The van der Waals surface area contributed by atoms with Crippen molar-refractivity contribution >= 4 is 23.2 Å². The molecule has 0 aromatic heterocycles. The summed E-state index contributed by atoms with van der Waals surface area (Å²) in [6, 6.07) is 0.830. The Balaban J connectivity index is 0.00000264. The fraction of sp³-hybridized carbons (Fsp3) is 0.850. The lowest BCUT2D eigenvalue weighted by Gasteiger charge is -2.32. The van der Waals surface area contributed by atoms with Gasteiger partial charge < -0.3 is 4.90 Å². The fourth-order valence-corrected chi connectivity index (χ4v) is 3.79. The van der Waals surface area contributed by atoms with Crippen LogP contribution in [0.1, 0.15) is 83.5 Å². The van der Waals surface area contributed by atoms with Gasteiger partial charge in [0, 0.05) is 19.1 Å².